The van der Waals surface area contributed by atoms with Crippen molar-refractivity contribution in [2.45, 2.75) is 83.6 Å². The van der Waals surface area contributed by atoms with E-state index >= 15 is 0 Å². The fourth-order valence-corrected chi connectivity index (χ4v) is 4.92. The predicted molar refractivity (Wildman–Crippen MR) is 105 cm³/mol. The van der Waals surface area contributed by atoms with Gasteiger partial charge in [-0.05, 0) is 12.8 Å². The lowest BCUT2D eigenvalue weighted by atomic mass is 10.1. The van der Waals surface area contributed by atoms with Crippen LogP contribution in [0.1, 0.15) is 77.6 Å². The molecule has 4 nitrogen and oxygen atoms in total. The fourth-order valence-electron chi connectivity index (χ4n) is 3.20. The summed E-state index contributed by atoms with van der Waals surface area (Å²) in [6, 6.07) is 0.909. The van der Waals surface area contributed by atoms with Gasteiger partial charge in [0.1, 0.15) is 0 Å². The normalized spacial score (nSPS) is 12.8. The van der Waals surface area contributed by atoms with Gasteiger partial charge in [-0.2, -0.15) is 0 Å². The lowest BCUT2D eigenvalue weighted by Gasteiger charge is -2.24. The minimum absolute atomic E-state index is 0. The van der Waals surface area contributed by atoms with E-state index in [1.54, 1.807) is 26.2 Å². The van der Waals surface area contributed by atoms with E-state index in [4.69, 9.17) is 13.3 Å². The van der Waals surface area contributed by atoms with Gasteiger partial charge in [-0.3, -0.25) is 0 Å². The third-order valence-electron chi connectivity index (χ3n) is 4.98. The average Bonchev–Trinajstić information content (AvgIpc) is 2.61. The first-order valence-corrected chi connectivity index (χ1v) is 12.0. The molecule has 6 heteroatoms. The first kappa shape index (κ1) is 27.6. The van der Waals surface area contributed by atoms with Gasteiger partial charge < -0.3 is 30.6 Å². The van der Waals surface area contributed by atoms with Gasteiger partial charge in [0.05, 0.1) is 20.1 Å². The molecule has 25 heavy (non-hydrogen) atoms. The zero-order valence-electron chi connectivity index (χ0n) is 17.5. The number of unbranched alkanes of at least 4 members (excludes halogenated alkanes) is 9. The highest BCUT2D eigenvalue weighted by molar-refractivity contribution is 6.60. The molecule has 1 unspecified atom stereocenters. The Morgan fingerprint density at radius 3 is 1.48 bits per heavy atom. The van der Waals surface area contributed by atoms with Crippen LogP contribution in [0.15, 0.2) is 0 Å². The quantitative estimate of drug-likeness (QED) is 0.273. The smallest absolute Gasteiger partial charge is 0.500 e. The van der Waals surface area contributed by atoms with Crippen molar-refractivity contribution < 1.29 is 30.6 Å². The Hall–Kier alpha value is 0.347. The number of hydrogen-bond donors (Lipinski definition) is 1. The first-order valence-electron chi connectivity index (χ1n) is 10.1. The van der Waals surface area contributed by atoms with Gasteiger partial charge in [0.15, 0.2) is 0 Å². The molecule has 0 fully saturated rings. The largest absolute Gasteiger partial charge is 1.00 e. The van der Waals surface area contributed by atoms with Gasteiger partial charge in [0.2, 0.25) is 0 Å². The van der Waals surface area contributed by atoms with E-state index in [1.807, 2.05) is 0 Å². The van der Waals surface area contributed by atoms with Crippen molar-refractivity contribution in [3.05, 3.63) is 0 Å². The van der Waals surface area contributed by atoms with E-state index in [9.17, 15) is 0 Å². The molecule has 1 N–H and O–H groups in total. The maximum atomic E-state index is 5.47. The summed E-state index contributed by atoms with van der Waals surface area (Å²) in [4.78, 5) is 1.61. The maximum Gasteiger partial charge on any atom is 0.500 e. The summed E-state index contributed by atoms with van der Waals surface area (Å²) in [5.41, 5.74) is 0. The van der Waals surface area contributed by atoms with Crippen LogP contribution in [-0.4, -0.2) is 50.3 Å². The molecule has 0 radical (unpaired) electrons. The molecule has 0 saturated carbocycles. The molecule has 0 heterocycles. The average molecular weight is 398 g/mol. The Balaban J connectivity index is 0. The topological polar surface area (TPSA) is 32.1 Å². The number of halogens is 1. The molecule has 0 spiro atoms. The second kappa shape index (κ2) is 19.1. The molecule has 0 aromatic carbocycles. The second-order valence-electron chi connectivity index (χ2n) is 7.04. The van der Waals surface area contributed by atoms with Crippen LogP contribution in [0.5, 0.6) is 0 Å². The molecule has 0 aliphatic heterocycles. The molecule has 0 aliphatic rings. The highest BCUT2D eigenvalue weighted by atomic mass is 35.5. The van der Waals surface area contributed by atoms with Crippen LogP contribution >= 0.6 is 0 Å². The Bertz CT molecular complexity index is 261. The van der Waals surface area contributed by atoms with Crippen LogP contribution in [0, 0.1) is 0 Å². The molecular weight excluding hydrogens is 354 g/mol. The SMILES string of the molecule is CCCCCCCCCCCC[NH+](C)CCC[Si](OC)(OC)OC.[Cl-]. The summed E-state index contributed by atoms with van der Waals surface area (Å²) in [5, 5.41) is 0. The highest BCUT2D eigenvalue weighted by Crippen LogP contribution is 2.14. The van der Waals surface area contributed by atoms with Gasteiger partial charge >= 0.3 is 8.80 Å². The molecule has 0 rings (SSSR count). The molecule has 0 aromatic rings. The van der Waals surface area contributed by atoms with E-state index < -0.39 is 8.80 Å². The molecule has 154 valence electrons. The van der Waals surface area contributed by atoms with Crippen molar-refractivity contribution in [2.24, 2.45) is 0 Å². The lowest BCUT2D eigenvalue weighted by molar-refractivity contribution is -0.879. The summed E-state index contributed by atoms with van der Waals surface area (Å²) in [7, 11) is 5.01. The van der Waals surface area contributed by atoms with Crippen molar-refractivity contribution >= 4 is 8.80 Å². The summed E-state index contributed by atoms with van der Waals surface area (Å²) >= 11 is 0. The standard InChI is InChI=1S/C19H43NO3Si.ClH/c1-6-7-8-9-10-11-12-13-14-15-17-20(2)18-16-19-24(21-3,22-4)23-5;/h6-19H2,1-5H3;1H. The monoisotopic (exact) mass is 397 g/mol. The summed E-state index contributed by atoms with van der Waals surface area (Å²) in [6.45, 7) is 4.73. The zero-order valence-corrected chi connectivity index (χ0v) is 19.3. The number of nitrogens with one attached hydrogen (secondary N) is 1. The molecule has 0 bridgehead atoms. The van der Waals surface area contributed by atoms with Crippen LogP contribution < -0.4 is 17.3 Å². The van der Waals surface area contributed by atoms with Gasteiger partial charge in [-0.25, -0.2) is 0 Å². The first-order chi connectivity index (χ1) is 11.6. The van der Waals surface area contributed by atoms with Crippen LogP contribution in [-0.2, 0) is 13.3 Å². The van der Waals surface area contributed by atoms with E-state index in [0.717, 1.165) is 12.5 Å². The van der Waals surface area contributed by atoms with Crippen molar-refractivity contribution in [3.63, 3.8) is 0 Å². The van der Waals surface area contributed by atoms with E-state index in [2.05, 4.69) is 14.0 Å². The Morgan fingerprint density at radius 1 is 0.640 bits per heavy atom. The van der Waals surface area contributed by atoms with Crippen molar-refractivity contribution in [1.82, 2.24) is 0 Å². The van der Waals surface area contributed by atoms with Gasteiger partial charge in [0.25, 0.3) is 0 Å². The number of quaternary nitrogens is 1. The van der Waals surface area contributed by atoms with Gasteiger partial charge in [-0.15, -0.1) is 0 Å². The van der Waals surface area contributed by atoms with Crippen molar-refractivity contribution in [2.75, 3.05) is 41.5 Å². The second-order valence-corrected chi connectivity index (χ2v) is 10.1. The molecule has 0 aromatic heterocycles. The maximum absolute atomic E-state index is 5.47. The van der Waals surface area contributed by atoms with E-state index in [0.29, 0.717) is 0 Å². The molecular formula is C19H44ClNO3Si. The summed E-state index contributed by atoms with van der Waals surface area (Å²) in [5.74, 6) is 0. The fraction of sp³-hybridized carbons (Fsp3) is 1.00. The molecule has 0 amide bonds. The Kier molecular flexibility index (Phi) is 21.1. The van der Waals surface area contributed by atoms with E-state index in [1.165, 1.54) is 77.3 Å². The molecule has 0 saturated heterocycles. The summed E-state index contributed by atoms with van der Waals surface area (Å²) in [6.07, 6.45) is 15.2. The van der Waals surface area contributed by atoms with Gasteiger partial charge in [0, 0.05) is 33.8 Å². The number of hydrogen-bond acceptors (Lipinski definition) is 3. The van der Waals surface area contributed by atoms with Crippen LogP contribution in [0.3, 0.4) is 0 Å². The summed E-state index contributed by atoms with van der Waals surface area (Å²) < 4.78 is 16.4. The Morgan fingerprint density at radius 2 is 1.04 bits per heavy atom. The molecule has 0 aliphatic carbocycles. The van der Waals surface area contributed by atoms with Gasteiger partial charge in [-0.1, -0.05) is 58.3 Å². The van der Waals surface area contributed by atoms with Crippen molar-refractivity contribution in [1.29, 1.82) is 0 Å². The zero-order chi connectivity index (χ0) is 18.1. The number of rotatable bonds is 18. The minimum Gasteiger partial charge on any atom is -1.00 e. The van der Waals surface area contributed by atoms with Crippen LogP contribution in [0.25, 0.3) is 0 Å². The van der Waals surface area contributed by atoms with Crippen LogP contribution in [0.4, 0.5) is 0 Å². The third kappa shape index (κ3) is 15.1. The highest BCUT2D eigenvalue weighted by Gasteiger charge is 2.37. The third-order valence-corrected chi connectivity index (χ3v) is 7.81. The van der Waals surface area contributed by atoms with Crippen molar-refractivity contribution in [3.8, 4) is 0 Å². The molecule has 1 atom stereocenters. The van der Waals surface area contributed by atoms with Crippen LogP contribution in [0.2, 0.25) is 6.04 Å². The predicted octanol–water partition coefficient (Wildman–Crippen LogP) is 0.694. The lowest BCUT2D eigenvalue weighted by Crippen LogP contribution is -3.09. The Labute approximate surface area is 164 Å². The minimum atomic E-state index is -2.36. The van der Waals surface area contributed by atoms with E-state index in [-0.39, 0.29) is 12.4 Å².